The van der Waals surface area contributed by atoms with Crippen molar-refractivity contribution in [3.63, 3.8) is 0 Å². The molecule has 1 atom stereocenters. The van der Waals surface area contributed by atoms with E-state index in [1.807, 2.05) is 4.68 Å². The molecule has 0 aliphatic carbocycles. The largest absolute Gasteiger partial charge is 0.317 e. The van der Waals surface area contributed by atoms with Gasteiger partial charge >= 0.3 is 0 Å². The topological polar surface area (TPSA) is 33.1 Å². The lowest BCUT2D eigenvalue weighted by molar-refractivity contribution is 0.162. The van der Waals surface area contributed by atoms with Gasteiger partial charge in [-0.15, -0.1) is 0 Å². The second-order valence-corrected chi connectivity index (χ2v) is 6.53. The standard InChI is InChI=1S/C15H27BrN4/c1-4-13-15(16)14(19(3)18-13)11-20-8-6-7-12(10-20)9-17-5-2/h12,17H,4-11H2,1-3H3. The van der Waals surface area contributed by atoms with Gasteiger partial charge in [-0.2, -0.15) is 5.10 Å². The minimum Gasteiger partial charge on any atom is -0.317 e. The van der Waals surface area contributed by atoms with Crippen LogP contribution in [-0.2, 0) is 20.0 Å². The van der Waals surface area contributed by atoms with Crippen molar-refractivity contribution in [3.8, 4) is 0 Å². The van der Waals surface area contributed by atoms with Gasteiger partial charge in [0.05, 0.1) is 15.9 Å². The molecule has 114 valence electrons. The lowest BCUT2D eigenvalue weighted by Crippen LogP contribution is -2.39. The Morgan fingerprint density at radius 2 is 2.20 bits per heavy atom. The molecule has 1 unspecified atom stereocenters. The molecule has 0 spiro atoms. The second kappa shape index (κ2) is 7.57. The van der Waals surface area contributed by atoms with E-state index in [-0.39, 0.29) is 0 Å². The van der Waals surface area contributed by atoms with E-state index in [1.54, 1.807) is 0 Å². The molecule has 1 aliphatic heterocycles. The number of aromatic nitrogens is 2. The molecule has 1 saturated heterocycles. The number of hydrogen-bond donors (Lipinski definition) is 1. The summed E-state index contributed by atoms with van der Waals surface area (Å²) in [4.78, 5) is 2.58. The lowest BCUT2D eigenvalue weighted by atomic mass is 9.98. The van der Waals surface area contributed by atoms with Gasteiger partial charge in [-0.05, 0) is 60.7 Å². The van der Waals surface area contributed by atoms with Gasteiger partial charge in [0.2, 0.25) is 0 Å². The van der Waals surface area contributed by atoms with E-state index in [1.165, 1.54) is 41.8 Å². The van der Waals surface area contributed by atoms with Gasteiger partial charge in [0.25, 0.3) is 0 Å². The van der Waals surface area contributed by atoms with Crippen molar-refractivity contribution < 1.29 is 0 Å². The molecule has 5 heteroatoms. The number of nitrogens with zero attached hydrogens (tertiary/aromatic N) is 3. The SMILES string of the molecule is CCNCC1CCCN(Cc2c(Br)c(CC)nn2C)C1. The van der Waals surface area contributed by atoms with Crippen molar-refractivity contribution in [1.82, 2.24) is 20.0 Å². The Hall–Kier alpha value is -0.390. The van der Waals surface area contributed by atoms with Crippen LogP contribution in [0.2, 0.25) is 0 Å². The normalized spacial score (nSPS) is 20.5. The van der Waals surface area contributed by atoms with E-state index in [0.29, 0.717) is 0 Å². The third-order valence-electron chi connectivity index (χ3n) is 4.16. The Morgan fingerprint density at radius 1 is 1.40 bits per heavy atom. The first-order valence-corrected chi connectivity index (χ1v) is 8.58. The van der Waals surface area contributed by atoms with Gasteiger partial charge in [-0.25, -0.2) is 0 Å². The highest BCUT2D eigenvalue weighted by Gasteiger charge is 2.22. The van der Waals surface area contributed by atoms with Gasteiger partial charge in [0.15, 0.2) is 0 Å². The van der Waals surface area contributed by atoms with Crippen molar-refractivity contribution >= 4 is 15.9 Å². The van der Waals surface area contributed by atoms with Crippen molar-refractivity contribution in [2.24, 2.45) is 13.0 Å². The Bertz CT molecular complexity index is 430. The molecule has 1 aromatic heterocycles. The summed E-state index contributed by atoms with van der Waals surface area (Å²) in [5.74, 6) is 0.793. The van der Waals surface area contributed by atoms with Gasteiger partial charge in [0.1, 0.15) is 0 Å². The molecule has 1 aliphatic rings. The first-order chi connectivity index (χ1) is 9.65. The van der Waals surface area contributed by atoms with Crippen molar-refractivity contribution in [1.29, 1.82) is 0 Å². The maximum atomic E-state index is 4.59. The number of halogens is 1. The number of aryl methyl sites for hydroxylation is 2. The summed E-state index contributed by atoms with van der Waals surface area (Å²) in [6, 6.07) is 0. The monoisotopic (exact) mass is 342 g/mol. The van der Waals surface area contributed by atoms with Crippen LogP contribution in [-0.4, -0.2) is 40.9 Å². The molecule has 1 aromatic rings. The maximum absolute atomic E-state index is 4.59. The number of likely N-dealkylation sites (tertiary alicyclic amines) is 1. The Labute approximate surface area is 131 Å². The molecule has 0 radical (unpaired) electrons. The summed E-state index contributed by atoms with van der Waals surface area (Å²) in [5, 5.41) is 8.08. The fourth-order valence-corrected chi connectivity index (χ4v) is 3.76. The van der Waals surface area contributed by atoms with E-state index in [2.05, 4.69) is 52.1 Å². The Kier molecular flexibility index (Phi) is 6.05. The highest BCUT2D eigenvalue weighted by molar-refractivity contribution is 9.10. The number of piperidine rings is 1. The van der Waals surface area contributed by atoms with Crippen LogP contribution in [0.4, 0.5) is 0 Å². The van der Waals surface area contributed by atoms with Crippen molar-refractivity contribution in [3.05, 3.63) is 15.9 Å². The first kappa shape index (κ1) is 16.0. The van der Waals surface area contributed by atoms with Gasteiger partial charge in [-0.1, -0.05) is 13.8 Å². The molecule has 4 nitrogen and oxygen atoms in total. The highest BCUT2D eigenvalue weighted by atomic mass is 79.9. The van der Waals surface area contributed by atoms with E-state index < -0.39 is 0 Å². The van der Waals surface area contributed by atoms with Gasteiger partial charge in [-0.3, -0.25) is 9.58 Å². The molecule has 1 fully saturated rings. The lowest BCUT2D eigenvalue weighted by Gasteiger charge is -2.32. The molecule has 2 heterocycles. The maximum Gasteiger partial charge on any atom is 0.0767 e. The highest BCUT2D eigenvalue weighted by Crippen LogP contribution is 2.25. The van der Waals surface area contributed by atoms with Crippen LogP contribution in [0.5, 0.6) is 0 Å². The van der Waals surface area contributed by atoms with Crippen molar-refractivity contribution in [2.45, 2.75) is 39.7 Å². The zero-order valence-corrected chi connectivity index (χ0v) is 14.5. The quantitative estimate of drug-likeness (QED) is 0.862. The van der Waals surface area contributed by atoms with Crippen molar-refractivity contribution in [2.75, 3.05) is 26.2 Å². The van der Waals surface area contributed by atoms with Crippen LogP contribution in [0.3, 0.4) is 0 Å². The molecule has 0 saturated carbocycles. The van der Waals surface area contributed by atoms with Crippen LogP contribution in [0.1, 0.15) is 38.1 Å². The third-order valence-corrected chi connectivity index (χ3v) is 5.08. The molecular weight excluding hydrogens is 316 g/mol. The molecule has 2 rings (SSSR count). The average Bonchev–Trinajstić information content (AvgIpc) is 2.73. The van der Waals surface area contributed by atoms with E-state index in [4.69, 9.17) is 0 Å². The zero-order chi connectivity index (χ0) is 14.5. The van der Waals surface area contributed by atoms with E-state index >= 15 is 0 Å². The fourth-order valence-electron chi connectivity index (χ4n) is 3.01. The Morgan fingerprint density at radius 3 is 2.85 bits per heavy atom. The fraction of sp³-hybridized carbons (Fsp3) is 0.800. The third kappa shape index (κ3) is 3.83. The van der Waals surface area contributed by atoms with Crippen LogP contribution >= 0.6 is 15.9 Å². The van der Waals surface area contributed by atoms with E-state index in [9.17, 15) is 0 Å². The average molecular weight is 343 g/mol. The van der Waals surface area contributed by atoms with Crippen LogP contribution in [0.25, 0.3) is 0 Å². The van der Waals surface area contributed by atoms with Crippen LogP contribution in [0.15, 0.2) is 4.47 Å². The molecule has 1 N–H and O–H groups in total. The second-order valence-electron chi connectivity index (χ2n) is 5.74. The molecule has 0 bridgehead atoms. The smallest absolute Gasteiger partial charge is 0.0767 e. The van der Waals surface area contributed by atoms with E-state index in [0.717, 1.165) is 32.0 Å². The number of hydrogen-bond acceptors (Lipinski definition) is 3. The summed E-state index contributed by atoms with van der Waals surface area (Å²) in [6.45, 7) is 9.98. The molecule has 0 aromatic carbocycles. The predicted octanol–water partition coefficient (Wildman–Crippen LogP) is 2.57. The van der Waals surface area contributed by atoms with Gasteiger partial charge < -0.3 is 5.32 Å². The molecule has 20 heavy (non-hydrogen) atoms. The minimum absolute atomic E-state index is 0.793. The Balaban J connectivity index is 1.97. The molecule has 0 amide bonds. The molecular formula is C15H27BrN4. The number of rotatable bonds is 6. The minimum atomic E-state index is 0.793. The summed E-state index contributed by atoms with van der Waals surface area (Å²) in [5.41, 5.74) is 2.48. The predicted molar refractivity (Wildman–Crippen MR) is 86.8 cm³/mol. The summed E-state index contributed by atoms with van der Waals surface area (Å²) < 4.78 is 3.24. The van der Waals surface area contributed by atoms with Gasteiger partial charge in [0, 0.05) is 20.1 Å². The summed E-state index contributed by atoms with van der Waals surface area (Å²) in [7, 11) is 2.05. The summed E-state index contributed by atoms with van der Waals surface area (Å²) >= 11 is 3.72. The van der Waals surface area contributed by atoms with Crippen LogP contribution < -0.4 is 5.32 Å². The zero-order valence-electron chi connectivity index (χ0n) is 13.0. The summed E-state index contributed by atoms with van der Waals surface area (Å²) in [6.07, 6.45) is 3.65. The number of nitrogens with one attached hydrogen (secondary N) is 1. The first-order valence-electron chi connectivity index (χ1n) is 7.79. The van der Waals surface area contributed by atoms with Crippen LogP contribution in [0, 0.1) is 5.92 Å².